The van der Waals surface area contributed by atoms with Crippen molar-refractivity contribution in [2.75, 3.05) is 13.2 Å². The summed E-state index contributed by atoms with van der Waals surface area (Å²) < 4.78 is 5.23. The second-order valence-electron chi connectivity index (χ2n) is 3.02. The van der Waals surface area contributed by atoms with E-state index in [1.165, 1.54) is 0 Å². The van der Waals surface area contributed by atoms with Crippen molar-refractivity contribution in [3.05, 3.63) is 0 Å². The molecule has 0 aromatic carbocycles. The average Bonchev–Trinajstić information content (AvgIpc) is 1.85. The van der Waals surface area contributed by atoms with Crippen LogP contribution in [0.15, 0.2) is 0 Å². The van der Waals surface area contributed by atoms with E-state index in [1.807, 2.05) is 0 Å². The molecule has 0 saturated carbocycles. The standard InChI is InChI=1S/C7H14O2/c1-3-6-7(2,4-8)5-9-6/h6,8H,3-5H2,1-2H3. The smallest absolute Gasteiger partial charge is 0.0670 e. The molecule has 0 radical (unpaired) electrons. The lowest BCUT2D eigenvalue weighted by Crippen LogP contribution is -2.51. The van der Waals surface area contributed by atoms with Gasteiger partial charge in [0.25, 0.3) is 0 Å². The van der Waals surface area contributed by atoms with Gasteiger partial charge in [-0.3, -0.25) is 0 Å². The molecule has 1 aliphatic heterocycles. The molecule has 54 valence electrons. The van der Waals surface area contributed by atoms with E-state index in [2.05, 4.69) is 13.8 Å². The predicted octanol–water partition coefficient (Wildman–Crippen LogP) is 0.794. The highest BCUT2D eigenvalue weighted by molar-refractivity contribution is 4.89. The summed E-state index contributed by atoms with van der Waals surface area (Å²) in [5, 5.41) is 8.87. The Morgan fingerprint density at radius 1 is 1.78 bits per heavy atom. The van der Waals surface area contributed by atoms with Gasteiger partial charge < -0.3 is 9.84 Å². The monoisotopic (exact) mass is 130 g/mol. The zero-order valence-electron chi connectivity index (χ0n) is 6.05. The summed E-state index contributed by atoms with van der Waals surface area (Å²) in [5.41, 5.74) is 0.0642. The highest BCUT2D eigenvalue weighted by atomic mass is 16.5. The van der Waals surface area contributed by atoms with E-state index < -0.39 is 0 Å². The third-order valence-corrected chi connectivity index (χ3v) is 2.12. The van der Waals surface area contributed by atoms with Gasteiger partial charge in [0.1, 0.15) is 0 Å². The predicted molar refractivity (Wildman–Crippen MR) is 35.2 cm³/mol. The summed E-state index contributed by atoms with van der Waals surface area (Å²) in [6.45, 7) is 5.12. The molecule has 1 N–H and O–H groups in total. The molecule has 1 aliphatic rings. The van der Waals surface area contributed by atoms with E-state index in [0.29, 0.717) is 6.10 Å². The van der Waals surface area contributed by atoms with Crippen LogP contribution in [0, 0.1) is 5.41 Å². The number of hydrogen-bond acceptors (Lipinski definition) is 2. The largest absolute Gasteiger partial charge is 0.396 e. The molecule has 2 atom stereocenters. The number of hydrogen-bond donors (Lipinski definition) is 1. The second-order valence-corrected chi connectivity index (χ2v) is 3.02. The van der Waals surface area contributed by atoms with E-state index in [9.17, 15) is 0 Å². The van der Waals surface area contributed by atoms with Crippen LogP contribution in [0.25, 0.3) is 0 Å². The lowest BCUT2D eigenvalue weighted by atomic mass is 9.80. The first-order valence-electron chi connectivity index (χ1n) is 3.45. The van der Waals surface area contributed by atoms with Crippen LogP contribution >= 0.6 is 0 Å². The van der Waals surface area contributed by atoms with Crippen molar-refractivity contribution in [3.8, 4) is 0 Å². The Morgan fingerprint density at radius 2 is 2.44 bits per heavy atom. The molecule has 1 saturated heterocycles. The fourth-order valence-electron chi connectivity index (χ4n) is 1.24. The molecule has 0 spiro atoms. The Bertz CT molecular complexity index is 97.1. The molecule has 1 fully saturated rings. The Balaban J connectivity index is 2.41. The lowest BCUT2D eigenvalue weighted by molar-refractivity contribution is -0.195. The maximum absolute atomic E-state index is 8.87. The molecule has 1 heterocycles. The first kappa shape index (κ1) is 7.03. The van der Waals surface area contributed by atoms with Crippen molar-refractivity contribution in [1.29, 1.82) is 0 Å². The van der Waals surface area contributed by atoms with Gasteiger partial charge in [-0.2, -0.15) is 0 Å². The topological polar surface area (TPSA) is 29.5 Å². The minimum Gasteiger partial charge on any atom is -0.396 e. The highest BCUT2D eigenvalue weighted by Crippen LogP contribution is 2.35. The Kier molecular flexibility index (Phi) is 1.78. The van der Waals surface area contributed by atoms with Crippen LogP contribution in [0.3, 0.4) is 0 Å². The minimum absolute atomic E-state index is 0.0642. The molecule has 0 aromatic rings. The van der Waals surface area contributed by atoms with Gasteiger partial charge in [-0.15, -0.1) is 0 Å². The van der Waals surface area contributed by atoms with Crippen molar-refractivity contribution in [1.82, 2.24) is 0 Å². The van der Waals surface area contributed by atoms with Crippen LogP contribution in [0.4, 0.5) is 0 Å². The van der Waals surface area contributed by atoms with Gasteiger partial charge >= 0.3 is 0 Å². The average molecular weight is 130 g/mol. The van der Waals surface area contributed by atoms with Crippen LogP contribution in [-0.2, 0) is 4.74 Å². The summed E-state index contributed by atoms with van der Waals surface area (Å²) in [6, 6.07) is 0. The maximum Gasteiger partial charge on any atom is 0.0670 e. The third kappa shape index (κ3) is 0.970. The van der Waals surface area contributed by atoms with Crippen LogP contribution in [0.1, 0.15) is 20.3 Å². The van der Waals surface area contributed by atoms with Gasteiger partial charge in [-0.25, -0.2) is 0 Å². The maximum atomic E-state index is 8.87. The van der Waals surface area contributed by atoms with Crippen molar-refractivity contribution in [2.45, 2.75) is 26.4 Å². The van der Waals surface area contributed by atoms with Gasteiger partial charge in [0, 0.05) is 5.41 Å². The summed E-state index contributed by atoms with van der Waals surface area (Å²) in [6.07, 6.45) is 1.30. The molecule has 0 aliphatic carbocycles. The first-order chi connectivity index (χ1) is 4.23. The zero-order chi connectivity index (χ0) is 6.91. The lowest BCUT2D eigenvalue weighted by Gasteiger charge is -2.45. The summed E-state index contributed by atoms with van der Waals surface area (Å²) in [7, 11) is 0. The number of ether oxygens (including phenoxy) is 1. The van der Waals surface area contributed by atoms with Crippen LogP contribution in [-0.4, -0.2) is 24.4 Å². The van der Waals surface area contributed by atoms with Gasteiger partial charge in [-0.05, 0) is 6.42 Å². The van der Waals surface area contributed by atoms with Gasteiger partial charge in [0.15, 0.2) is 0 Å². The molecule has 2 nitrogen and oxygen atoms in total. The Hall–Kier alpha value is -0.0800. The summed E-state index contributed by atoms with van der Waals surface area (Å²) >= 11 is 0. The quantitative estimate of drug-likeness (QED) is 0.599. The Morgan fingerprint density at radius 3 is 2.56 bits per heavy atom. The highest BCUT2D eigenvalue weighted by Gasteiger charge is 2.42. The fourth-order valence-corrected chi connectivity index (χ4v) is 1.24. The third-order valence-electron chi connectivity index (χ3n) is 2.12. The Labute approximate surface area is 55.8 Å². The summed E-state index contributed by atoms with van der Waals surface area (Å²) in [5.74, 6) is 0. The van der Waals surface area contributed by atoms with Crippen molar-refractivity contribution < 1.29 is 9.84 Å². The van der Waals surface area contributed by atoms with E-state index in [-0.39, 0.29) is 12.0 Å². The SMILES string of the molecule is CCC1OCC1(C)CO. The molecule has 0 aromatic heterocycles. The molecule has 0 bridgehead atoms. The van der Waals surface area contributed by atoms with E-state index in [1.54, 1.807) is 0 Å². The fraction of sp³-hybridized carbons (Fsp3) is 1.00. The minimum atomic E-state index is 0.0642. The summed E-state index contributed by atoms with van der Waals surface area (Å²) in [4.78, 5) is 0. The van der Waals surface area contributed by atoms with Gasteiger partial charge in [-0.1, -0.05) is 13.8 Å². The number of rotatable bonds is 2. The number of aliphatic hydroxyl groups excluding tert-OH is 1. The molecule has 2 unspecified atom stereocenters. The van der Waals surface area contributed by atoms with Crippen LogP contribution < -0.4 is 0 Å². The number of aliphatic hydroxyl groups is 1. The molecule has 2 heteroatoms. The zero-order valence-corrected chi connectivity index (χ0v) is 6.05. The van der Waals surface area contributed by atoms with Gasteiger partial charge in [0.05, 0.1) is 19.3 Å². The van der Waals surface area contributed by atoms with Crippen LogP contribution in [0.2, 0.25) is 0 Å². The molecular formula is C7H14O2. The molecule has 9 heavy (non-hydrogen) atoms. The molecular weight excluding hydrogens is 116 g/mol. The normalized spacial score (nSPS) is 42.3. The van der Waals surface area contributed by atoms with E-state index in [0.717, 1.165) is 13.0 Å². The van der Waals surface area contributed by atoms with E-state index >= 15 is 0 Å². The van der Waals surface area contributed by atoms with Crippen LogP contribution in [0.5, 0.6) is 0 Å². The van der Waals surface area contributed by atoms with Crippen molar-refractivity contribution in [3.63, 3.8) is 0 Å². The molecule has 0 amide bonds. The second kappa shape index (κ2) is 2.27. The first-order valence-corrected chi connectivity index (χ1v) is 3.45. The molecule has 1 rings (SSSR count). The van der Waals surface area contributed by atoms with Crippen molar-refractivity contribution in [2.24, 2.45) is 5.41 Å². The van der Waals surface area contributed by atoms with E-state index in [4.69, 9.17) is 9.84 Å². The van der Waals surface area contributed by atoms with Crippen molar-refractivity contribution >= 4 is 0 Å². The van der Waals surface area contributed by atoms with Gasteiger partial charge in [0.2, 0.25) is 0 Å².